The highest BCUT2D eigenvalue weighted by Crippen LogP contribution is 2.27. The number of hydrogen-bond donors (Lipinski definition) is 1. The zero-order valence-electron chi connectivity index (χ0n) is 11.6. The van der Waals surface area contributed by atoms with Crippen molar-refractivity contribution in [1.29, 1.82) is 0 Å². The lowest BCUT2D eigenvalue weighted by Crippen LogP contribution is -2.37. The molecule has 0 saturated carbocycles. The van der Waals surface area contributed by atoms with Crippen molar-refractivity contribution < 1.29 is 19.1 Å². The summed E-state index contributed by atoms with van der Waals surface area (Å²) in [5.74, 6) is -0.654. The van der Waals surface area contributed by atoms with E-state index < -0.39 is 11.2 Å². The summed E-state index contributed by atoms with van der Waals surface area (Å²) >= 11 is 1.48. The number of ether oxygens (including phenoxy) is 1. The number of esters is 1. The van der Waals surface area contributed by atoms with Crippen LogP contribution in [0.2, 0.25) is 0 Å². The van der Waals surface area contributed by atoms with Gasteiger partial charge in [-0.15, -0.1) is 11.3 Å². The van der Waals surface area contributed by atoms with Gasteiger partial charge in [-0.3, -0.25) is 4.79 Å². The van der Waals surface area contributed by atoms with Gasteiger partial charge in [-0.05, 0) is 12.8 Å². The van der Waals surface area contributed by atoms with Crippen LogP contribution < -0.4 is 10.3 Å². The van der Waals surface area contributed by atoms with E-state index in [-0.39, 0.29) is 24.4 Å². The monoisotopic (exact) mass is 322 g/mol. The molecule has 1 atom stereocenters. The largest absolute Gasteiger partial charge is 0.502 e. The lowest BCUT2D eigenvalue weighted by Gasteiger charge is -2.22. The van der Waals surface area contributed by atoms with Gasteiger partial charge in [-0.1, -0.05) is 0 Å². The van der Waals surface area contributed by atoms with Crippen LogP contribution in [0.25, 0.3) is 0 Å². The maximum atomic E-state index is 12.2. The highest BCUT2D eigenvalue weighted by molar-refractivity contribution is 7.13. The van der Waals surface area contributed by atoms with Gasteiger partial charge in [0.25, 0.3) is 0 Å². The van der Waals surface area contributed by atoms with Crippen molar-refractivity contribution in [3.8, 4) is 5.75 Å². The predicted octanol–water partition coefficient (Wildman–Crippen LogP) is 1.51. The molecule has 0 aliphatic carbocycles. The van der Waals surface area contributed by atoms with Crippen LogP contribution in [0.15, 0.2) is 33.1 Å². The highest BCUT2D eigenvalue weighted by atomic mass is 32.1. The molecular formula is C14H14N2O5S. The first kappa shape index (κ1) is 14.6. The van der Waals surface area contributed by atoms with E-state index in [2.05, 4.69) is 4.98 Å². The molecule has 3 rings (SSSR count). The smallest absolute Gasteiger partial charge is 0.329 e. The number of thiazole rings is 1. The van der Waals surface area contributed by atoms with Gasteiger partial charge < -0.3 is 19.2 Å². The summed E-state index contributed by atoms with van der Waals surface area (Å²) < 4.78 is 10.2. The minimum absolute atomic E-state index is 0.142. The zero-order valence-corrected chi connectivity index (χ0v) is 12.4. The molecule has 1 saturated heterocycles. The SMILES string of the molecule is O=C(OCc1cc(=O)c(O)co1)C1CCCN1c1nccs1. The Labute approximate surface area is 129 Å². The fourth-order valence-electron chi connectivity index (χ4n) is 2.36. The van der Waals surface area contributed by atoms with Crippen LogP contribution >= 0.6 is 11.3 Å². The number of aromatic hydroxyl groups is 1. The Hall–Kier alpha value is -2.35. The maximum absolute atomic E-state index is 12.2. The molecule has 2 aromatic heterocycles. The molecule has 1 N–H and O–H groups in total. The average Bonchev–Trinajstić information content (AvgIpc) is 3.18. The van der Waals surface area contributed by atoms with E-state index in [1.165, 1.54) is 11.3 Å². The average molecular weight is 322 g/mol. The third kappa shape index (κ3) is 2.96. The summed E-state index contributed by atoms with van der Waals surface area (Å²) in [4.78, 5) is 29.7. The van der Waals surface area contributed by atoms with Gasteiger partial charge in [0.05, 0.1) is 0 Å². The van der Waals surface area contributed by atoms with E-state index in [1.54, 1.807) is 6.20 Å². The zero-order chi connectivity index (χ0) is 15.5. The van der Waals surface area contributed by atoms with E-state index in [9.17, 15) is 9.59 Å². The van der Waals surface area contributed by atoms with E-state index in [1.807, 2.05) is 10.3 Å². The van der Waals surface area contributed by atoms with E-state index in [4.69, 9.17) is 14.3 Å². The molecule has 0 radical (unpaired) electrons. The fraction of sp³-hybridized carbons (Fsp3) is 0.357. The molecular weight excluding hydrogens is 308 g/mol. The predicted molar refractivity (Wildman–Crippen MR) is 78.9 cm³/mol. The molecule has 1 unspecified atom stereocenters. The Kier molecular flexibility index (Phi) is 4.10. The molecule has 22 heavy (non-hydrogen) atoms. The van der Waals surface area contributed by atoms with E-state index >= 15 is 0 Å². The van der Waals surface area contributed by atoms with Gasteiger partial charge in [0.15, 0.2) is 10.9 Å². The first-order chi connectivity index (χ1) is 10.6. The number of aromatic nitrogens is 1. The lowest BCUT2D eigenvalue weighted by molar-refractivity contribution is -0.146. The minimum atomic E-state index is -0.567. The van der Waals surface area contributed by atoms with Gasteiger partial charge in [0, 0.05) is 24.2 Å². The Morgan fingerprint density at radius 2 is 2.45 bits per heavy atom. The molecule has 1 aliphatic heterocycles. The molecule has 1 fully saturated rings. The highest BCUT2D eigenvalue weighted by Gasteiger charge is 2.33. The second-order valence-corrected chi connectivity index (χ2v) is 5.74. The van der Waals surface area contributed by atoms with Gasteiger partial charge >= 0.3 is 5.97 Å². The molecule has 0 bridgehead atoms. The number of nitrogens with zero attached hydrogens (tertiary/aromatic N) is 2. The van der Waals surface area contributed by atoms with E-state index in [0.29, 0.717) is 6.42 Å². The standard InChI is InChI=1S/C14H14N2O5S/c17-11-6-9(20-8-12(11)18)7-21-13(19)10-2-1-4-16(10)14-15-3-5-22-14/h3,5-6,8,10,18H,1-2,4,7H2. The molecule has 2 aromatic rings. The van der Waals surface area contributed by atoms with Gasteiger partial charge in [-0.2, -0.15) is 0 Å². The second kappa shape index (κ2) is 6.18. The molecule has 116 valence electrons. The van der Waals surface area contributed by atoms with Crippen LogP contribution in [0, 0.1) is 0 Å². The molecule has 0 amide bonds. The molecule has 8 heteroatoms. The van der Waals surface area contributed by atoms with E-state index in [0.717, 1.165) is 30.4 Å². The summed E-state index contributed by atoms with van der Waals surface area (Å²) in [6, 6.07) is 0.741. The Morgan fingerprint density at radius 3 is 3.18 bits per heavy atom. The van der Waals surface area contributed by atoms with Crippen molar-refractivity contribution >= 4 is 22.4 Å². The fourth-order valence-corrected chi connectivity index (χ4v) is 3.08. The van der Waals surface area contributed by atoms with Crippen molar-refractivity contribution in [2.45, 2.75) is 25.5 Å². The van der Waals surface area contributed by atoms with Gasteiger partial charge in [-0.25, -0.2) is 9.78 Å². The molecule has 0 spiro atoms. The lowest BCUT2D eigenvalue weighted by atomic mass is 10.2. The van der Waals surface area contributed by atoms with Crippen LogP contribution in [-0.4, -0.2) is 28.6 Å². The summed E-state index contributed by atoms with van der Waals surface area (Å²) in [5.41, 5.74) is -0.567. The number of carbonyl (C=O) groups excluding carboxylic acids is 1. The van der Waals surface area contributed by atoms with Crippen LogP contribution in [0.1, 0.15) is 18.6 Å². The second-order valence-electron chi connectivity index (χ2n) is 4.87. The minimum Gasteiger partial charge on any atom is -0.502 e. The number of rotatable bonds is 4. The summed E-state index contributed by atoms with van der Waals surface area (Å²) in [7, 11) is 0. The van der Waals surface area contributed by atoms with Crippen LogP contribution in [0.5, 0.6) is 5.75 Å². The third-order valence-electron chi connectivity index (χ3n) is 3.41. The summed E-state index contributed by atoms with van der Waals surface area (Å²) in [5, 5.41) is 11.8. The van der Waals surface area contributed by atoms with Gasteiger partial charge in [0.2, 0.25) is 5.43 Å². The quantitative estimate of drug-likeness (QED) is 0.853. The third-order valence-corrected chi connectivity index (χ3v) is 4.22. The number of anilines is 1. The Bertz CT molecular complexity index is 712. The first-order valence-electron chi connectivity index (χ1n) is 6.78. The van der Waals surface area contributed by atoms with Crippen molar-refractivity contribution in [3.63, 3.8) is 0 Å². The molecule has 1 aliphatic rings. The van der Waals surface area contributed by atoms with Crippen molar-refractivity contribution in [2.75, 3.05) is 11.4 Å². The number of carbonyl (C=O) groups is 1. The summed E-state index contributed by atoms with van der Waals surface area (Å²) in [6.45, 7) is 0.623. The summed E-state index contributed by atoms with van der Waals surface area (Å²) in [6.07, 6.45) is 4.24. The normalized spacial score (nSPS) is 17.6. The topological polar surface area (TPSA) is 92.9 Å². The first-order valence-corrected chi connectivity index (χ1v) is 7.66. The Morgan fingerprint density at radius 1 is 1.59 bits per heavy atom. The Balaban J connectivity index is 1.64. The van der Waals surface area contributed by atoms with Gasteiger partial charge in [0.1, 0.15) is 24.7 Å². The molecule has 0 aromatic carbocycles. The van der Waals surface area contributed by atoms with Crippen LogP contribution in [-0.2, 0) is 16.1 Å². The van der Waals surface area contributed by atoms with Crippen LogP contribution in [0.4, 0.5) is 5.13 Å². The number of hydrogen-bond acceptors (Lipinski definition) is 8. The van der Waals surface area contributed by atoms with Crippen molar-refractivity contribution in [2.24, 2.45) is 0 Å². The van der Waals surface area contributed by atoms with Crippen LogP contribution in [0.3, 0.4) is 0 Å². The molecule has 3 heterocycles. The molecule has 7 nitrogen and oxygen atoms in total. The maximum Gasteiger partial charge on any atom is 0.329 e. The van der Waals surface area contributed by atoms with Crippen molar-refractivity contribution in [3.05, 3.63) is 39.9 Å². The van der Waals surface area contributed by atoms with Crippen molar-refractivity contribution in [1.82, 2.24) is 4.98 Å².